The van der Waals surface area contributed by atoms with Crippen LogP contribution in [0.2, 0.25) is 0 Å². The number of alkyl halides is 3. The lowest BCUT2D eigenvalue weighted by Gasteiger charge is -2.31. The number of allylic oxidation sites excluding steroid dienone is 1. The number of pyridine rings is 1. The molecule has 2 heterocycles. The van der Waals surface area contributed by atoms with Crippen LogP contribution in [0, 0.1) is 5.92 Å². The minimum Gasteiger partial charge on any atom is -0.322 e. The molecule has 0 radical (unpaired) electrons. The summed E-state index contributed by atoms with van der Waals surface area (Å²) >= 11 is 0. The molecule has 1 aliphatic carbocycles. The molecule has 2 aromatic carbocycles. The maximum absolute atomic E-state index is 13.0. The number of benzene rings is 2. The van der Waals surface area contributed by atoms with Gasteiger partial charge in [-0.3, -0.25) is 14.7 Å². The second kappa shape index (κ2) is 9.30. The fourth-order valence-electron chi connectivity index (χ4n) is 4.95. The van der Waals surface area contributed by atoms with Gasteiger partial charge in [-0.15, -0.1) is 0 Å². The summed E-state index contributed by atoms with van der Waals surface area (Å²) in [6.45, 7) is 4.52. The Kier molecular flexibility index (Phi) is 6.19. The van der Waals surface area contributed by atoms with E-state index >= 15 is 0 Å². The van der Waals surface area contributed by atoms with Crippen LogP contribution in [0.1, 0.15) is 50.8 Å². The monoisotopic (exact) mass is 477 g/mol. The predicted molar refractivity (Wildman–Crippen MR) is 130 cm³/mol. The summed E-state index contributed by atoms with van der Waals surface area (Å²) in [5.41, 5.74) is 5.53. The van der Waals surface area contributed by atoms with Crippen LogP contribution in [0.3, 0.4) is 0 Å². The van der Waals surface area contributed by atoms with Gasteiger partial charge in [-0.05, 0) is 77.4 Å². The topological polar surface area (TPSA) is 45.2 Å². The van der Waals surface area contributed by atoms with E-state index in [1.165, 1.54) is 23.3 Å². The highest BCUT2D eigenvalue weighted by molar-refractivity contribution is 6.05. The molecule has 0 saturated heterocycles. The molecule has 1 aliphatic heterocycles. The zero-order valence-electron chi connectivity index (χ0n) is 19.4. The van der Waals surface area contributed by atoms with Crippen LogP contribution in [0.5, 0.6) is 0 Å². The maximum atomic E-state index is 13.0. The van der Waals surface area contributed by atoms with Gasteiger partial charge in [0.1, 0.15) is 0 Å². The van der Waals surface area contributed by atoms with Crippen molar-refractivity contribution in [1.29, 1.82) is 0 Å². The van der Waals surface area contributed by atoms with Gasteiger partial charge in [-0.25, -0.2) is 0 Å². The van der Waals surface area contributed by atoms with Crippen molar-refractivity contribution in [2.75, 3.05) is 11.9 Å². The Morgan fingerprint density at radius 1 is 1.14 bits per heavy atom. The number of anilines is 1. The van der Waals surface area contributed by atoms with Crippen molar-refractivity contribution in [3.05, 3.63) is 99.9 Å². The van der Waals surface area contributed by atoms with Gasteiger partial charge in [0.2, 0.25) is 0 Å². The number of fused-ring (bicyclic) bond motifs is 2. The molecule has 0 saturated carbocycles. The number of hydrogen-bond acceptors (Lipinski definition) is 3. The summed E-state index contributed by atoms with van der Waals surface area (Å²) in [4.78, 5) is 19.9. The molecule has 3 aromatic rings. The van der Waals surface area contributed by atoms with Gasteiger partial charge >= 0.3 is 6.18 Å². The van der Waals surface area contributed by atoms with Crippen molar-refractivity contribution in [2.24, 2.45) is 5.92 Å². The summed E-state index contributed by atoms with van der Waals surface area (Å²) < 4.78 is 39.1. The lowest BCUT2D eigenvalue weighted by atomic mass is 9.89. The lowest BCUT2D eigenvalue weighted by Crippen LogP contribution is -2.32. The second-order valence-electron chi connectivity index (χ2n) is 9.31. The molecule has 2 aliphatic rings. The second-order valence-corrected chi connectivity index (χ2v) is 9.31. The average molecular weight is 478 g/mol. The van der Waals surface area contributed by atoms with E-state index in [1.807, 2.05) is 18.3 Å². The first-order valence-electron chi connectivity index (χ1n) is 11.7. The lowest BCUT2D eigenvalue weighted by molar-refractivity contribution is -0.137. The molecular formula is C28H26F3N3O. The SMILES string of the molecule is CC1C=Cc2nccc(CN3CCc4c(cccc4C(=O)Nc4cccc(C(F)(F)F)c4)C3)c2C1. The highest BCUT2D eigenvalue weighted by Gasteiger charge is 2.30. The number of rotatable bonds is 4. The Hall–Kier alpha value is -3.45. The van der Waals surface area contributed by atoms with Crippen LogP contribution in [0.4, 0.5) is 18.9 Å². The van der Waals surface area contributed by atoms with Gasteiger partial charge in [-0.2, -0.15) is 13.2 Å². The molecule has 5 rings (SSSR count). The number of halogens is 3. The molecular weight excluding hydrogens is 451 g/mol. The van der Waals surface area contributed by atoms with Gasteiger partial charge in [0.15, 0.2) is 0 Å². The Morgan fingerprint density at radius 3 is 2.80 bits per heavy atom. The van der Waals surface area contributed by atoms with Crippen molar-refractivity contribution < 1.29 is 18.0 Å². The first kappa shape index (κ1) is 23.3. The normalized spacial score (nSPS) is 17.5. The fraction of sp³-hybridized carbons (Fsp3) is 0.286. The Bertz CT molecular complexity index is 1300. The van der Waals surface area contributed by atoms with Gasteiger partial charge in [-0.1, -0.05) is 31.2 Å². The maximum Gasteiger partial charge on any atom is 0.416 e. The number of hydrogen-bond donors (Lipinski definition) is 1. The third-order valence-electron chi connectivity index (χ3n) is 6.73. The van der Waals surface area contributed by atoms with Crippen molar-refractivity contribution in [2.45, 2.75) is 39.0 Å². The molecule has 1 unspecified atom stereocenters. The first-order valence-corrected chi connectivity index (χ1v) is 11.7. The van der Waals surface area contributed by atoms with Crippen LogP contribution >= 0.6 is 0 Å². The third kappa shape index (κ3) is 5.00. The molecule has 0 bridgehead atoms. The summed E-state index contributed by atoms with van der Waals surface area (Å²) in [6, 6.07) is 12.4. The molecule has 4 nitrogen and oxygen atoms in total. The van der Waals surface area contributed by atoms with Crippen LogP contribution in [0.15, 0.2) is 60.8 Å². The third-order valence-corrected chi connectivity index (χ3v) is 6.73. The molecule has 180 valence electrons. The van der Waals surface area contributed by atoms with E-state index in [1.54, 1.807) is 6.07 Å². The van der Waals surface area contributed by atoms with Crippen LogP contribution in [-0.2, 0) is 32.1 Å². The van der Waals surface area contributed by atoms with Crippen molar-refractivity contribution in [3.63, 3.8) is 0 Å². The number of nitrogens with zero attached hydrogens (tertiary/aromatic N) is 2. The Labute approximate surface area is 202 Å². The van der Waals surface area contributed by atoms with Gasteiger partial charge in [0.05, 0.1) is 11.3 Å². The van der Waals surface area contributed by atoms with E-state index in [2.05, 4.69) is 40.3 Å². The van der Waals surface area contributed by atoms with Gasteiger partial charge < -0.3 is 5.32 Å². The summed E-state index contributed by atoms with van der Waals surface area (Å²) in [5.74, 6) is 0.101. The molecule has 0 fully saturated rings. The average Bonchev–Trinajstić information content (AvgIpc) is 2.83. The predicted octanol–water partition coefficient (Wildman–Crippen LogP) is 6.12. The summed E-state index contributed by atoms with van der Waals surface area (Å²) in [7, 11) is 0. The summed E-state index contributed by atoms with van der Waals surface area (Å²) in [6.07, 6.45) is 3.39. The minimum atomic E-state index is -4.46. The zero-order chi connectivity index (χ0) is 24.6. The Morgan fingerprint density at radius 2 is 1.97 bits per heavy atom. The number of carbonyl (C=O) groups excluding carboxylic acids is 1. The molecule has 1 N–H and O–H groups in total. The van der Waals surface area contributed by atoms with E-state index in [0.29, 0.717) is 24.4 Å². The number of carbonyl (C=O) groups is 1. The van der Waals surface area contributed by atoms with E-state index in [4.69, 9.17) is 0 Å². The Balaban J connectivity index is 1.32. The van der Waals surface area contributed by atoms with Crippen molar-refractivity contribution >= 4 is 17.7 Å². The molecule has 7 heteroatoms. The largest absolute Gasteiger partial charge is 0.416 e. The van der Waals surface area contributed by atoms with E-state index in [-0.39, 0.29) is 5.69 Å². The first-order chi connectivity index (χ1) is 16.8. The van der Waals surface area contributed by atoms with E-state index in [9.17, 15) is 18.0 Å². The van der Waals surface area contributed by atoms with E-state index in [0.717, 1.165) is 48.5 Å². The fourth-order valence-corrected chi connectivity index (χ4v) is 4.95. The number of aromatic nitrogens is 1. The molecule has 1 aromatic heterocycles. The summed E-state index contributed by atoms with van der Waals surface area (Å²) in [5, 5.41) is 2.64. The minimum absolute atomic E-state index is 0.130. The number of amides is 1. The zero-order valence-corrected chi connectivity index (χ0v) is 19.4. The molecule has 1 amide bonds. The quantitative estimate of drug-likeness (QED) is 0.493. The molecule has 1 atom stereocenters. The standard InChI is InChI=1S/C28H26F3N3O/c1-18-8-9-26-25(14-18)20(10-12-32-26)17-34-13-11-23-19(16-34)4-2-7-24(23)27(35)33-22-6-3-5-21(15-22)28(29,30)31/h2-10,12,15,18H,11,13-14,16-17H2,1H3,(H,33,35). The van der Waals surface area contributed by atoms with Crippen molar-refractivity contribution in [3.8, 4) is 0 Å². The van der Waals surface area contributed by atoms with Crippen molar-refractivity contribution in [1.82, 2.24) is 9.88 Å². The molecule has 35 heavy (non-hydrogen) atoms. The highest BCUT2D eigenvalue weighted by Crippen LogP contribution is 2.32. The van der Waals surface area contributed by atoms with Gasteiger partial charge in [0, 0.05) is 37.1 Å². The number of nitrogens with one attached hydrogen (secondary N) is 1. The molecule has 0 spiro atoms. The van der Waals surface area contributed by atoms with Crippen LogP contribution in [0.25, 0.3) is 6.08 Å². The highest BCUT2D eigenvalue weighted by atomic mass is 19.4. The van der Waals surface area contributed by atoms with Crippen LogP contribution < -0.4 is 5.32 Å². The van der Waals surface area contributed by atoms with Crippen LogP contribution in [-0.4, -0.2) is 22.3 Å². The van der Waals surface area contributed by atoms with Gasteiger partial charge in [0.25, 0.3) is 5.91 Å². The smallest absolute Gasteiger partial charge is 0.322 e. The van der Waals surface area contributed by atoms with E-state index < -0.39 is 17.6 Å².